The Morgan fingerprint density at radius 3 is 2.32 bits per heavy atom. The van der Waals surface area contributed by atoms with E-state index in [4.69, 9.17) is 4.74 Å². The number of carbonyl (C=O) groups is 2. The normalized spacial score (nSPS) is 14.6. The summed E-state index contributed by atoms with van der Waals surface area (Å²) in [7, 11) is 0. The van der Waals surface area contributed by atoms with E-state index in [9.17, 15) is 32.9 Å². The summed E-state index contributed by atoms with van der Waals surface area (Å²) in [4.78, 5) is 36.7. The molecular formula is C23H24F3N3O5. The molecule has 2 aromatic rings. The lowest BCUT2D eigenvalue weighted by atomic mass is 9.96. The van der Waals surface area contributed by atoms with Crippen LogP contribution in [0.4, 0.5) is 30.2 Å². The van der Waals surface area contributed by atoms with Gasteiger partial charge in [-0.1, -0.05) is 18.2 Å². The summed E-state index contributed by atoms with van der Waals surface area (Å²) in [6.07, 6.45) is -4.12. The maximum absolute atomic E-state index is 12.9. The highest BCUT2D eigenvalue weighted by atomic mass is 19.4. The number of rotatable bonds is 6. The molecule has 1 saturated heterocycles. The second-order valence-electron chi connectivity index (χ2n) is 8.14. The van der Waals surface area contributed by atoms with Crippen LogP contribution in [-0.2, 0) is 20.5 Å². The number of nitro groups is 1. The number of hydrogen-bond acceptors (Lipinski definition) is 6. The molecule has 1 fully saturated rings. The summed E-state index contributed by atoms with van der Waals surface area (Å²) in [5, 5.41) is 14.1. The van der Waals surface area contributed by atoms with Gasteiger partial charge in [-0.05, 0) is 49.9 Å². The zero-order valence-electron chi connectivity index (χ0n) is 18.6. The standard InChI is InChI=1S/C23H24F3N3O5/c1-14-4-3-5-15(2)21(14)27-20(30)13-34-22(31)16-8-10-28(11-9-16)18-7-6-17(23(24,25)26)12-19(18)29(32)33/h3-7,12,16H,8-11,13H2,1-2H3,(H,27,30). The van der Waals surface area contributed by atoms with Crippen molar-refractivity contribution in [3.05, 3.63) is 63.2 Å². The highest BCUT2D eigenvalue weighted by Crippen LogP contribution is 2.37. The minimum Gasteiger partial charge on any atom is -0.455 e. The molecule has 0 unspecified atom stereocenters. The maximum Gasteiger partial charge on any atom is 0.416 e. The molecule has 0 atom stereocenters. The summed E-state index contributed by atoms with van der Waals surface area (Å²) in [6.45, 7) is 3.70. The van der Waals surface area contributed by atoms with Crippen LogP contribution in [0.2, 0.25) is 0 Å². The van der Waals surface area contributed by atoms with Crippen molar-refractivity contribution < 1.29 is 32.4 Å². The number of halogens is 3. The third-order valence-corrected chi connectivity index (χ3v) is 5.76. The summed E-state index contributed by atoms with van der Waals surface area (Å²) in [5.41, 5.74) is 0.751. The van der Waals surface area contributed by atoms with Crippen molar-refractivity contribution in [2.45, 2.75) is 32.9 Å². The zero-order chi connectivity index (χ0) is 25.0. The molecule has 1 aliphatic rings. The fraction of sp³-hybridized carbons (Fsp3) is 0.391. The Morgan fingerprint density at radius 1 is 1.15 bits per heavy atom. The van der Waals surface area contributed by atoms with Crippen LogP contribution in [0.5, 0.6) is 0 Å². The summed E-state index contributed by atoms with van der Waals surface area (Å²) < 4.78 is 43.9. The van der Waals surface area contributed by atoms with E-state index in [1.165, 1.54) is 0 Å². The van der Waals surface area contributed by atoms with Gasteiger partial charge in [0, 0.05) is 24.8 Å². The molecule has 2 aromatic carbocycles. The third-order valence-electron chi connectivity index (χ3n) is 5.76. The monoisotopic (exact) mass is 479 g/mol. The van der Waals surface area contributed by atoms with Gasteiger partial charge in [-0.3, -0.25) is 19.7 Å². The van der Waals surface area contributed by atoms with E-state index in [-0.39, 0.29) is 31.6 Å². The predicted molar refractivity (Wildman–Crippen MR) is 119 cm³/mol. The zero-order valence-corrected chi connectivity index (χ0v) is 18.6. The van der Waals surface area contributed by atoms with E-state index in [1.54, 1.807) is 4.90 Å². The molecule has 11 heteroatoms. The largest absolute Gasteiger partial charge is 0.455 e. The van der Waals surface area contributed by atoms with Crippen LogP contribution in [0.3, 0.4) is 0 Å². The number of nitrogens with one attached hydrogen (secondary N) is 1. The number of nitro benzene ring substituents is 1. The van der Waals surface area contributed by atoms with Gasteiger partial charge >= 0.3 is 12.1 Å². The first kappa shape index (κ1) is 25.0. The first-order valence-electron chi connectivity index (χ1n) is 10.6. The number of piperidine rings is 1. The van der Waals surface area contributed by atoms with E-state index >= 15 is 0 Å². The van der Waals surface area contributed by atoms with Crippen molar-refractivity contribution in [3.63, 3.8) is 0 Å². The number of ether oxygens (including phenoxy) is 1. The third kappa shape index (κ3) is 5.83. The number of carbonyl (C=O) groups excluding carboxylic acids is 2. The van der Waals surface area contributed by atoms with E-state index in [0.717, 1.165) is 23.3 Å². The van der Waals surface area contributed by atoms with Crippen LogP contribution >= 0.6 is 0 Å². The topological polar surface area (TPSA) is 102 Å². The number of hydrogen-bond donors (Lipinski definition) is 1. The highest BCUT2D eigenvalue weighted by Gasteiger charge is 2.35. The molecule has 1 amide bonds. The molecule has 34 heavy (non-hydrogen) atoms. The van der Waals surface area contributed by atoms with E-state index < -0.39 is 46.8 Å². The van der Waals surface area contributed by atoms with Crippen molar-refractivity contribution in [1.82, 2.24) is 0 Å². The van der Waals surface area contributed by atoms with Gasteiger partial charge in [-0.15, -0.1) is 0 Å². The molecule has 0 aliphatic carbocycles. The number of alkyl halides is 3. The minimum atomic E-state index is -4.69. The summed E-state index contributed by atoms with van der Waals surface area (Å²) in [6, 6.07) is 7.97. The second kappa shape index (κ2) is 10.1. The van der Waals surface area contributed by atoms with Gasteiger partial charge in [0.25, 0.3) is 11.6 Å². The lowest BCUT2D eigenvalue weighted by molar-refractivity contribution is -0.384. The van der Waals surface area contributed by atoms with Crippen molar-refractivity contribution in [1.29, 1.82) is 0 Å². The lowest BCUT2D eigenvalue weighted by Gasteiger charge is -2.32. The van der Waals surface area contributed by atoms with Gasteiger partial charge in [0.1, 0.15) is 5.69 Å². The number of anilines is 2. The van der Waals surface area contributed by atoms with Crippen LogP contribution < -0.4 is 10.2 Å². The Bertz CT molecular complexity index is 1080. The van der Waals surface area contributed by atoms with E-state index in [0.29, 0.717) is 11.8 Å². The van der Waals surface area contributed by atoms with E-state index in [2.05, 4.69) is 5.32 Å². The van der Waals surface area contributed by atoms with Crippen LogP contribution in [0, 0.1) is 29.9 Å². The molecule has 0 bridgehead atoms. The van der Waals surface area contributed by atoms with Gasteiger partial charge in [-0.2, -0.15) is 13.2 Å². The molecule has 182 valence electrons. The Balaban J connectivity index is 1.56. The van der Waals surface area contributed by atoms with Crippen LogP contribution in [0.25, 0.3) is 0 Å². The molecule has 0 radical (unpaired) electrons. The number of benzene rings is 2. The number of para-hydroxylation sites is 1. The second-order valence-corrected chi connectivity index (χ2v) is 8.14. The minimum absolute atomic E-state index is 0.0674. The first-order valence-corrected chi connectivity index (χ1v) is 10.6. The SMILES string of the molecule is Cc1cccc(C)c1NC(=O)COC(=O)C1CCN(c2ccc(C(F)(F)F)cc2[N+](=O)[O-])CC1. The average Bonchev–Trinajstić information content (AvgIpc) is 2.79. The number of aryl methyl sites for hydroxylation is 2. The molecule has 1 N–H and O–H groups in total. The van der Waals surface area contributed by atoms with Gasteiger partial charge in [0.2, 0.25) is 0 Å². The van der Waals surface area contributed by atoms with E-state index in [1.807, 2.05) is 32.0 Å². The van der Waals surface area contributed by atoms with Crippen LogP contribution in [0.1, 0.15) is 29.5 Å². The van der Waals surface area contributed by atoms with Crippen molar-refractivity contribution in [3.8, 4) is 0 Å². The van der Waals surface area contributed by atoms with Gasteiger partial charge in [0.15, 0.2) is 6.61 Å². The Morgan fingerprint density at radius 2 is 1.76 bits per heavy atom. The predicted octanol–water partition coefficient (Wildman–Crippen LogP) is 4.63. The smallest absolute Gasteiger partial charge is 0.416 e. The molecule has 0 spiro atoms. The molecule has 0 aromatic heterocycles. The lowest BCUT2D eigenvalue weighted by Crippen LogP contribution is -2.38. The van der Waals surface area contributed by atoms with Crippen molar-refractivity contribution in [2.24, 2.45) is 5.92 Å². The quantitative estimate of drug-likeness (QED) is 0.368. The number of amides is 1. The molecular weight excluding hydrogens is 455 g/mol. The molecule has 1 heterocycles. The number of nitrogens with zero attached hydrogens (tertiary/aromatic N) is 2. The van der Waals surface area contributed by atoms with Gasteiger partial charge in [-0.25, -0.2) is 0 Å². The summed E-state index contributed by atoms with van der Waals surface area (Å²) in [5.74, 6) is -1.54. The molecule has 8 nitrogen and oxygen atoms in total. The average molecular weight is 479 g/mol. The molecule has 0 saturated carbocycles. The van der Waals surface area contributed by atoms with Crippen molar-refractivity contribution in [2.75, 3.05) is 29.9 Å². The van der Waals surface area contributed by atoms with Gasteiger partial charge < -0.3 is 15.0 Å². The van der Waals surface area contributed by atoms with Crippen molar-refractivity contribution >= 4 is 28.9 Å². The van der Waals surface area contributed by atoms with Gasteiger partial charge in [0.05, 0.1) is 16.4 Å². The molecule has 3 rings (SSSR count). The Hall–Kier alpha value is -3.63. The molecule has 1 aliphatic heterocycles. The van der Waals surface area contributed by atoms with Crippen LogP contribution in [-0.4, -0.2) is 36.5 Å². The maximum atomic E-state index is 12.9. The first-order chi connectivity index (χ1) is 16.0. The highest BCUT2D eigenvalue weighted by molar-refractivity contribution is 5.94. The number of esters is 1. The summed E-state index contributed by atoms with van der Waals surface area (Å²) >= 11 is 0. The van der Waals surface area contributed by atoms with Crippen LogP contribution in [0.15, 0.2) is 36.4 Å². The fourth-order valence-corrected chi connectivity index (χ4v) is 3.91. The Labute approximate surface area is 193 Å². The Kier molecular flexibility index (Phi) is 7.43. The fourth-order valence-electron chi connectivity index (χ4n) is 3.91.